The Morgan fingerprint density at radius 3 is 2.50 bits per heavy atom. The van der Waals surface area contributed by atoms with Crippen molar-refractivity contribution in [1.82, 2.24) is 0 Å². The van der Waals surface area contributed by atoms with Crippen molar-refractivity contribution >= 4 is 0 Å². The van der Waals surface area contributed by atoms with Crippen molar-refractivity contribution in [3.63, 3.8) is 0 Å². The topological polar surface area (TPSA) is 9.23 Å². The maximum atomic E-state index is 13.0. The largest absolute Gasteiger partial charge is 0.358 e. The molecule has 1 fully saturated rings. The van der Waals surface area contributed by atoms with Crippen LogP contribution in [0.15, 0.2) is 0 Å². The van der Waals surface area contributed by atoms with E-state index in [0.29, 0.717) is 18.8 Å². The van der Waals surface area contributed by atoms with Crippen LogP contribution in [0.25, 0.3) is 0 Å². The van der Waals surface area contributed by atoms with Gasteiger partial charge in [0.25, 0.3) is 0 Å². The maximum absolute atomic E-state index is 13.0. The van der Waals surface area contributed by atoms with Crippen LogP contribution in [-0.2, 0) is 4.74 Å². The highest BCUT2D eigenvalue weighted by atomic mass is 19.3. The molecule has 0 bridgehead atoms. The molecule has 2 unspecified atom stereocenters. The first-order valence-electron chi connectivity index (χ1n) is 4.49. The molecule has 1 aliphatic rings. The number of hydrogen-bond acceptors (Lipinski definition) is 1. The average molecular weight is 178 g/mol. The summed E-state index contributed by atoms with van der Waals surface area (Å²) >= 11 is 0. The molecule has 1 nitrogen and oxygen atoms in total. The van der Waals surface area contributed by atoms with Gasteiger partial charge in [0.05, 0.1) is 5.92 Å². The van der Waals surface area contributed by atoms with Gasteiger partial charge in [-0.2, -0.15) is 8.78 Å². The van der Waals surface area contributed by atoms with Crippen LogP contribution in [0.3, 0.4) is 0 Å². The predicted octanol–water partition coefficient (Wildman–Crippen LogP) is 3.05. The smallest absolute Gasteiger partial charge is 0.324 e. The molecule has 0 saturated heterocycles. The minimum atomic E-state index is -2.91. The second-order valence-corrected chi connectivity index (χ2v) is 3.73. The molecular weight excluding hydrogens is 162 g/mol. The van der Waals surface area contributed by atoms with E-state index in [1.54, 1.807) is 0 Å². The lowest BCUT2D eigenvalue weighted by Gasteiger charge is -2.31. The van der Waals surface area contributed by atoms with E-state index in [1.807, 2.05) is 6.92 Å². The molecule has 0 heterocycles. The van der Waals surface area contributed by atoms with Gasteiger partial charge < -0.3 is 4.74 Å². The molecule has 3 heteroatoms. The van der Waals surface area contributed by atoms with Gasteiger partial charge in [-0.25, -0.2) is 0 Å². The minimum absolute atomic E-state index is 0.421. The molecule has 0 spiro atoms. The first-order valence-corrected chi connectivity index (χ1v) is 4.49. The Hall–Kier alpha value is -0.180. The standard InChI is InChI=1S/C9H16F2O/c1-7-4-3-5-8(6-7)9(10,11)12-2/h7-8H,3-6H2,1-2H3. The third-order valence-electron chi connectivity index (χ3n) is 2.68. The Balaban J connectivity index is 2.50. The second kappa shape index (κ2) is 3.69. The number of ether oxygens (including phenoxy) is 1. The van der Waals surface area contributed by atoms with E-state index < -0.39 is 12.0 Å². The third kappa shape index (κ3) is 2.16. The lowest BCUT2D eigenvalue weighted by atomic mass is 9.82. The van der Waals surface area contributed by atoms with Crippen molar-refractivity contribution in [2.24, 2.45) is 11.8 Å². The average Bonchev–Trinajstić information content (AvgIpc) is 2.05. The zero-order chi connectivity index (χ0) is 9.19. The Morgan fingerprint density at radius 1 is 1.33 bits per heavy atom. The van der Waals surface area contributed by atoms with E-state index in [9.17, 15) is 8.78 Å². The van der Waals surface area contributed by atoms with E-state index in [1.165, 1.54) is 0 Å². The summed E-state index contributed by atoms with van der Waals surface area (Å²) in [6.07, 6.45) is 0.280. The Labute approximate surface area is 72.1 Å². The molecule has 1 aliphatic carbocycles. The molecule has 0 radical (unpaired) electrons. The van der Waals surface area contributed by atoms with Gasteiger partial charge in [0.2, 0.25) is 0 Å². The number of rotatable bonds is 2. The molecule has 1 saturated carbocycles. The third-order valence-corrected chi connectivity index (χ3v) is 2.68. The first kappa shape index (κ1) is 9.90. The summed E-state index contributed by atoms with van der Waals surface area (Å²) in [6, 6.07) is 0. The van der Waals surface area contributed by atoms with Gasteiger partial charge in [0.15, 0.2) is 0 Å². The molecule has 2 atom stereocenters. The molecule has 1 rings (SSSR count). The molecule has 0 amide bonds. The number of methoxy groups -OCH3 is 1. The van der Waals surface area contributed by atoms with Crippen molar-refractivity contribution in [2.75, 3.05) is 7.11 Å². The number of alkyl halides is 2. The van der Waals surface area contributed by atoms with Crippen molar-refractivity contribution < 1.29 is 13.5 Å². The molecule has 0 aromatic rings. The maximum Gasteiger partial charge on any atom is 0.358 e. The van der Waals surface area contributed by atoms with E-state index >= 15 is 0 Å². The summed E-state index contributed by atoms with van der Waals surface area (Å²) in [5, 5.41) is 0. The summed E-state index contributed by atoms with van der Waals surface area (Å²) in [4.78, 5) is 0. The summed E-state index contributed by atoms with van der Waals surface area (Å²) in [5.41, 5.74) is 0. The van der Waals surface area contributed by atoms with Crippen LogP contribution in [0.4, 0.5) is 8.78 Å². The highest BCUT2D eigenvalue weighted by Gasteiger charge is 2.41. The molecule has 0 aromatic heterocycles. The van der Waals surface area contributed by atoms with Crippen LogP contribution in [0.5, 0.6) is 0 Å². The van der Waals surface area contributed by atoms with E-state index in [0.717, 1.165) is 20.0 Å². The fourth-order valence-electron chi connectivity index (χ4n) is 1.91. The van der Waals surface area contributed by atoms with Gasteiger partial charge in [0.1, 0.15) is 0 Å². The molecule has 12 heavy (non-hydrogen) atoms. The zero-order valence-corrected chi connectivity index (χ0v) is 7.65. The minimum Gasteiger partial charge on any atom is -0.324 e. The molecular formula is C9H16F2O. The van der Waals surface area contributed by atoms with E-state index in [2.05, 4.69) is 4.74 Å². The first-order chi connectivity index (χ1) is 5.56. The van der Waals surface area contributed by atoms with Gasteiger partial charge in [-0.15, -0.1) is 0 Å². The molecule has 72 valence electrons. The predicted molar refractivity (Wildman–Crippen MR) is 43.1 cm³/mol. The van der Waals surface area contributed by atoms with Gasteiger partial charge in [-0.3, -0.25) is 0 Å². The summed E-state index contributed by atoms with van der Waals surface area (Å²) in [7, 11) is 1.08. The van der Waals surface area contributed by atoms with Crippen LogP contribution in [0.1, 0.15) is 32.6 Å². The van der Waals surface area contributed by atoms with Crippen molar-refractivity contribution in [3.8, 4) is 0 Å². The lowest BCUT2D eigenvalue weighted by Crippen LogP contribution is -2.33. The number of hydrogen-bond donors (Lipinski definition) is 0. The highest BCUT2D eigenvalue weighted by molar-refractivity contribution is 4.76. The summed E-state index contributed by atoms with van der Waals surface area (Å²) in [5.74, 6) is -0.143. The molecule has 0 N–H and O–H groups in total. The summed E-state index contributed by atoms with van der Waals surface area (Å²) < 4.78 is 30.2. The van der Waals surface area contributed by atoms with Crippen LogP contribution < -0.4 is 0 Å². The van der Waals surface area contributed by atoms with E-state index in [-0.39, 0.29) is 0 Å². The van der Waals surface area contributed by atoms with Gasteiger partial charge in [-0.1, -0.05) is 19.8 Å². The molecule has 0 aliphatic heterocycles. The highest BCUT2D eigenvalue weighted by Crippen LogP contribution is 2.38. The fourth-order valence-corrected chi connectivity index (χ4v) is 1.91. The quantitative estimate of drug-likeness (QED) is 0.631. The van der Waals surface area contributed by atoms with Crippen LogP contribution in [0, 0.1) is 11.8 Å². The fraction of sp³-hybridized carbons (Fsp3) is 1.00. The normalized spacial score (nSPS) is 32.0. The zero-order valence-electron chi connectivity index (χ0n) is 7.65. The Morgan fingerprint density at radius 2 is 2.00 bits per heavy atom. The van der Waals surface area contributed by atoms with Crippen molar-refractivity contribution in [3.05, 3.63) is 0 Å². The Kier molecular flexibility index (Phi) is 3.04. The monoisotopic (exact) mass is 178 g/mol. The van der Waals surface area contributed by atoms with Crippen LogP contribution in [0.2, 0.25) is 0 Å². The van der Waals surface area contributed by atoms with Crippen molar-refractivity contribution in [1.29, 1.82) is 0 Å². The van der Waals surface area contributed by atoms with Gasteiger partial charge >= 0.3 is 6.11 Å². The Bertz CT molecular complexity index is 147. The van der Waals surface area contributed by atoms with Crippen LogP contribution >= 0.6 is 0 Å². The van der Waals surface area contributed by atoms with Crippen molar-refractivity contribution in [2.45, 2.75) is 38.7 Å². The number of halogens is 2. The van der Waals surface area contributed by atoms with Gasteiger partial charge in [0, 0.05) is 7.11 Å². The molecule has 0 aromatic carbocycles. The lowest BCUT2D eigenvalue weighted by molar-refractivity contribution is -0.263. The van der Waals surface area contributed by atoms with Crippen LogP contribution in [-0.4, -0.2) is 13.2 Å². The SMILES string of the molecule is COC(F)(F)C1CCCC(C)C1. The second-order valence-electron chi connectivity index (χ2n) is 3.73. The van der Waals surface area contributed by atoms with Gasteiger partial charge in [-0.05, 0) is 18.8 Å². The summed E-state index contributed by atoms with van der Waals surface area (Å²) in [6.45, 7) is 2.03. The van der Waals surface area contributed by atoms with E-state index in [4.69, 9.17) is 0 Å².